The van der Waals surface area contributed by atoms with Gasteiger partial charge in [0.1, 0.15) is 5.69 Å². The number of hydrogen-bond acceptors (Lipinski definition) is 2. The highest BCUT2D eigenvalue weighted by Gasteiger charge is 2.10. The third-order valence-electron chi connectivity index (χ3n) is 3.33. The van der Waals surface area contributed by atoms with Crippen LogP contribution in [0, 0.1) is 13.8 Å². The lowest BCUT2D eigenvalue weighted by atomic mass is 10.1. The van der Waals surface area contributed by atoms with Crippen molar-refractivity contribution in [3.8, 4) is 16.9 Å². The Morgan fingerprint density at radius 3 is 2.24 bits per heavy atom. The molecule has 3 nitrogen and oxygen atoms in total. The molecule has 0 spiro atoms. The highest BCUT2D eigenvalue weighted by atomic mass is 35.5. The fraction of sp³-hybridized carbons (Fsp3) is 0.118. The molecule has 0 radical (unpaired) electrons. The van der Waals surface area contributed by atoms with E-state index in [4.69, 9.17) is 17.3 Å². The van der Waals surface area contributed by atoms with E-state index in [-0.39, 0.29) is 0 Å². The van der Waals surface area contributed by atoms with E-state index in [9.17, 15) is 0 Å². The molecule has 21 heavy (non-hydrogen) atoms. The molecule has 0 fully saturated rings. The number of nitrogens with two attached hydrogens (primary N) is 1. The van der Waals surface area contributed by atoms with Crippen molar-refractivity contribution >= 4 is 17.3 Å². The molecule has 0 saturated carbocycles. The van der Waals surface area contributed by atoms with E-state index in [0.29, 0.717) is 10.7 Å². The van der Waals surface area contributed by atoms with Crippen LogP contribution >= 0.6 is 11.6 Å². The van der Waals surface area contributed by atoms with Gasteiger partial charge in [-0.1, -0.05) is 29.8 Å². The van der Waals surface area contributed by atoms with Crippen LogP contribution in [0.25, 0.3) is 16.9 Å². The van der Waals surface area contributed by atoms with Gasteiger partial charge < -0.3 is 5.73 Å². The van der Waals surface area contributed by atoms with Crippen molar-refractivity contribution in [2.24, 2.45) is 0 Å². The van der Waals surface area contributed by atoms with Crippen molar-refractivity contribution in [1.29, 1.82) is 0 Å². The smallest absolute Gasteiger partial charge is 0.116 e. The summed E-state index contributed by atoms with van der Waals surface area (Å²) in [5, 5.41) is 5.31. The van der Waals surface area contributed by atoms with Gasteiger partial charge in [0.05, 0.1) is 17.6 Å². The van der Waals surface area contributed by atoms with Gasteiger partial charge in [-0.3, -0.25) is 0 Å². The monoisotopic (exact) mass is 297 g/mol. The summed E-state index contributed by atoms with van der Waals surface area (Å²) >= 11 is 5.92. The second-order valence-electron chi connectivity index (χ2n) is 5.23. The fourth-order valence-electron chi connectivity index (χ4n) is 2.43. The lowest BCUT2D eigenvalue weighted by molar-refractivity contribution is 0.881. The van der Waals surface area contributed by atoms with Crippen molar-refractivity contribution in [3.63, 3.8) is 0 Å². The van der Waals surface area contributed by atoms with Crippen LogP contribution in [0.4, 0.5) is 5.69 Å². The lowest BCUT2D eigenvalue weighted by Gasteiger charge is -2.04. The molecule has 0 aliphatic carbocycles. The Morgan fingerprint density at radius 2 is 1.62 bits per heavy atom. The standard InChI is InChI=1S/C17H16ClN3/c1-11-7-12(2)9-15(8-11)21-10-16(19)17(20-21)13-3-5-14(18)6-4-13/h3-10H,19H2,1-2H3. The Labute approximate surface area is 129 Å². The van der Waals surface area contributed by atoms with Gasteiger partial charge in [0.2, 0.25) is 0 Å². The maximum Gasteiger partial charge on any atom is 0.116 e. The molecule has 106 valence electrons. The quantitative estimate of drug-likeness (QED) is 0.762. The summed E-state index contributed by atoms with van der Waals surface area (Å²) in [6, 6.07) is 13.8. The minimum Gasteiger partial charge on any atom is -0.396 e. The predicted octanol–water partition coefficient (Wildman–Crippen LogP) is 4.39. The average molecular weight is 298 g/mol. The number of aromatic nitrogens is 2. The number of rotatable bonds is 2. The van der Waals surface area contributed by atoms with Crippen LogP contribution in [-0.4, -0.2) is 9.78 Å². The number of nitrogen functional groups attached to an aromatic ring is 1. The van der Waals surface area contributed by atoms with Gasteiger partial charge in [-0.2, -0.15) is 5.10 Å². The van der Waals surface area contributed by atoms with Gasteiger partial charge in [0.15, 0.2) is 0 Å². The summed E-state index contributed by atoms with van der Waals surface area (Å²) in [6.45, 7) is 4.15. The average Bonchev–Trinajstić information content (AvgIpc) is 2.81. The summed E-state index contributed by atoms with van der Waals surface area (Å²) in [6.07, 6.45) is 1.85. The molecule has 2 N–H and O–H groups in total. The van der Waals surface area contributed by atoms with Crippen LogP contribution in [0.5, 0.6) is 0 Å². The number of nitrogens with zero attached hydrogens (tertiary/aromatic N) is 2. The Balaban J connectivity index is 2.07. The van der Waals surface area contributed by atoms with Crippen molar-refractivity contribution in [2.75, 3.05) is 5.73 Å². The number of anilines is 1. The summed E-state index contributed by atoms with van der Waals surface area (Å²) in [5.41, 5.74) is 11.9. The molecule has 3 aromatic rings. The highest BCUT2D eigenvalue weighted by molar-refractivity contribution is 6.30. The molecule has 0 atom stereocenters. The zero-order valence-corrected chi connectivity index (χ0v) is 12.7. The maximum atomic E-state index is 6.11. The van der Waals surface area contributed by atoms with Gasteiger partial charge in [-0.25, -0.2) is 4.68 Å². The Bertz CT molecular complexity index is 768. The van der Waals surface area contributed by atoms with Crippen molar-refractivity contribution in [2.45, 2.75) is 13.8 Å². The lowest BCUT2D eigenvalue weighted by Crippen LogP contribution is -1.96. The van der Waals surface area contributed by atoms with Crippen LogP contribution in [0.15, 0.2) is 48.7 Å². The summed E-state index contributed by atoms with van der Waals surface area (Å²) in [7, 11) is 0. The molecule has 0 aliphatic rings. The van der Waals surface area contributed by atoms with E-state index < -0.39 is 0 Å². The number of hydrogen-bond donors (Lipinski definition) is 1. The number of benzene rings is 2. The van der Waals surface area contributed by atoms with E-state index in [1.165, 1.54) is 11.1 Å². The Morgan fingerprint density at radius 1 is 1.00 bits per heavy atom. The van der Waals surface area contributed by atoms with E-state index in [2.05, 4.69) is 37.1 Å². The summed E-state index contributed by atoms with van der Waals surface area (Å²) in [5.74, 6) is 0. The molecule has 1 heterocycles. The minimum atomic E-state index is 0.650. The number of aryl methyl sites for hydroxylation is 2. The zero-order chi connectivity index (χ0) is 15.0. The van der Waals surface area contributed by atoms with Crippen LogP contribution in [0.1, 0.15) is 11.1 Å². The third-order valence-corrected chi connectivity index (χ3v) is 3.58. The molecule has 4 heteroatoms. The predicted molar refractivity (Wildman–Crippen MR) is 87.9 cm³/mol. The molecular formula is C17H16ClN3. The minimum absolute atomic E-state index is 0.650. The van der Waals surface area contributed by atoms with E-state index in [0.717, 1.165) is 16.9 Å². The first-order valence-corrected chi connectivity index (χ1v) is 7.10. The SMILES string of the molecule is Cc1cc(C)cc(-n2cc(N)c(-c3ccc(Cl)cc3)n2)c1. The largest absolute Gasteiger partial charge is 0.396 e. The Hall–Kier alpha value is -2.26. The van der Waals surface area contributed by atoms with Crippen molar-refractivity contribution in [1.82, 2.24) is 9.78 Å². The molecule has 0 saturated heterocycles. The zero-order valence-electron chi connectivity index (χ0n) is 12.0. The van der Waals surface area contributed by atoms with E-state index >= 15 is 0 Å². The molecule has 0 unspecified atom stereocenters. The van der Waals surface area contributed by atoms with Crippen molar-refractivity contribution in [3.05, 3.63) is 64.8 Å². The summed E-state index contributed by atoms with van der Waals surface area (Å²) in [4.78, 5) is 0. The van der Waals surface area contributed by atoms with Gasteiger partial charge >= 0.3 is 0 Å². The molecule has 0 amide bonds. The first kappa shape index (κ1) is 13.7. The molecule has 2 aromatic carbocycles. The fourth-order valence-corrected chi connectivity index (χ4v) is 2.56. The van der Waals surface area contributed by atoms with Gasteiger partial charge in [-0.15, -0.1) is 0 Å². The van der Waals surface area contributed by atoms with Crippen molar-refractivity contribution < 1.29 is 0 Å². The molecule has 0 aliphatic heterocycles. The Kier molecular flexibility index (Phi) is 3.43. The number of halogens is 1. The van der Waals surface area contributed by atoms with E-state index in [1.54, 1.807) is 0 Å². The van der Waals surface area contributed by atoms with Crippen LogP contribution in [0.3, 0.4) is 0 Å². The van der Waals surface area contributed by atoms with Gasteiger partial charge in [0, 0.05) is 10.6 Å². The summed E-state index contributed by atoms with van der Waals surface area (Å²) < 4.78 is 1.82. The highest BCUT2D eigenvalue weighted by Crippen LogP contribution is 2.27. The van der Waals surface area contributed by atoms with Gasteiger partial charge in [0.25, 0.3) is 0 Å². The first-order chi connectivity index (χ1) is 10.0. The molecule has 0 bridgehead atoms. The van der Waals surface area contributed by atoms with Gasteiger partial charge in [-0.05, 0) is 49.2 Å². The first-order valence-electron chi connectivity index (χ1n) is 6.73. The molecular weight excluding hydrogens is 282 g/mol. The van der Waals surface area contributed by atoms with Crippen LogP contribution in [-0.2, 0) is 0 Å². The third kappa shape index (κ3) is 2.78. The maximum absolute atomic E-state index is 6.11. The second kappa shape index (κ2) is 5.26. The normalized spacial score (nSPS) is 10.8. The molecule has 1 aromatic heterocycles. The molecule has 3 rings (SSSR count). The topological polar surface area (TPSA) is 43.8 Å². The van der Waals surface area contributed by atoms with E-state index in [1.807, 2.05) is 35.1 Å². The second-order valence-corrected chi connectivity index (χ2v) is 5.67. The van der Waals surface area contributed by atoms with Crippen LogP contribution < -0.4 is 5.73 Å². The van der Waals surface area contributed by atoms with Crippen LogP contribution in [0.2, 0.25) is 5.02 Å².